The van der Waals surface area contributed by atoms with Gasteiger partial charge >= 0.3 is 11.6 Å². The molecular weight excluding hydrogens is 424 g/mol. The Balaban J connectivity index is 1.37. The third-order valence-electron chi connectivity index (χ3n) is 4.97. The number of oxazole rings is 1. The Bertz CT molecular complexity index is 1370. The molecule has 2 aromatic carbocycles. The molecule has 0 saturated heterocycles. The first kappa shape index (κ1) is 22.0. The molecule has 0 fully saturated rings. The zero-order valence-electron chi connectivity index (χ0n) is 18.2. The minimum Gasteiger partial charge on any atom is -0.461 e. The smallest absolute Gasteiger partial charge is 0.336 e. The van der Waals surface area contributed by atoms with Gasteiger partial charge in [0, 0.05) is 47.7 Å². The predicted molar refractivity (Wildman–Crippen MR) is 122 cm³/mol. The number of rotatable bonds is 7. The van der Waals surface area contributed by atoms with Gasteiger partial charge in [-0.3, -0.25) is 9.59 Å². The molecule has 0 spiro atoms. The summed E-state index contributed by atoms with van der Waals surface area (Å²) in [6.45, 7) is 3.31. The maximum absolute atomic E-state index is 12.3. The molecule has 0 radical (unpaired) electrons. The van der Waals surface area contributed by atoms with Gasteiger partial charge in [-0.15, -0.1) is 0 Å². The fourth-order valence-corrected chi connectivity index (χ4v) is 3.35. The van der Waals surface area contributed by atoms with Crippen LogP contribution in [0.25, 0.3) is 22.3 Å². The largest absolute Gasteiger partial charge is 0.461 e. The van der Waals surface area contributed by atoms with E-state index in [2.05, 4.69) is 10.3 Å². The van der Waals surface area contributed by atoms with Gasteiger partial charge in [0.05, 0.1) is 12.6 Å². The molecule has 33 heavy (non-hydrogen) atoms. The van der Waals surface area contributed by atoms with Gasteiger partial charge in [-0.2, -0.15) is 0 Å². The Morgan fingerprint density at radius 2 is 1.85 bits per heavy atom. The summed E-state index contributed by atoms with van der Waals surface area (Å²) in [5.74, 6) is 0.401. The highest BCUT2D eigenvalue weighted by Gasteiger charge is 2.12. The van der Waals surface area contributed by atoms with Crippen LogP contribution in [-0.2, 0) is 27.4 Å². The lowest BCUT2D eigenvalue weighted by Crippen LogP contribution is -2.09. The number of hydrogen-bond donors (Lipinski definition) is 1. The maximum atomic E-state index is 12.3. The van der Waals surface area contributed by atoms with Gasteiger partial charge in [0.15, 0.2) is 11.7 Å². The zero-order chi connectivity index (χ0) is 23.4. The Morgan fingerprint density at radius 3 is 2.61 bits per heavy atom. The first-order chi connectivity index (χ1) is 15.9. The van der Waals surface area contributed by atoms with Crippen LogP contribution in [0.3, 0.4) is 0 Å². The van der Waals surface area contributed by atoms with Crippen LogP contribution >= 0.6 is 0 Å². The van der Waals surface area contributed by atoms with Crippen molar-refractivity contribution in [3.8, 4) is 11.3 Å². The Labute approximate surface area is 189 Å². The predicted octanol–water partition coefficient (Wildman–Crippen LogP) is 4.39. The molecule has 1 N–H and O–H groups in total. The van der Waals surface area contributed by atoms with Crippen molar-refractivity contribution in [1.29, 1.82) is 0 Å². The molecule has 0 bridgehead atoms. The molecule has 0 unspecified atom stereocenters. The van der Waals surface area contributed by atoms with Crippen molar-refractivity contribution in [2.75, 3.05) is 5.32 Å². The molecule has 0 aliphatic carbocycles. The summed E-state index contributed by atoms with van der Waals surface area (Å²) in [6, 6.07) is 14.1. The second-order valence-electron chi connectivity index (χ2n) is 7.63. The highest BCUT2D eigenvalue weighted by molar-refractivity contribution is 5.92. The van der Waals surface area contributed by atoms with Crippen LogP contribution in [0.4, 0.5) is 5.69 Å². The molecule has 8 nitrogen and oxygen atoms in total. The third-order valence-corrected chi connectivity index (χ3v) is 4.97. The van der Waals surface area contributed by atoms with E-state index < -0.39 is 11.6 Å². The Hall–Kier alpha value is -4.20. The first-order valence-corrected chi connectivity index (χ1v) is 10.4. The number of benzene rings is 2. The molecule has 8 heteroatoms. The number of aryl methyl sites for hydroxylation is 2. The molecule has 0 atom stereocenters. The number of esters is 1. The molecule has 0 aliphatic rings. The van der Waals surface area contributed by atoms with E-state index in [4.69, 9.17) is 13.6 Å². The fourth-order valence-electron chi connectivity index (χ4n) is 3.35. The molecule has 168 valence electrons. The summed E-state index contributed by atoms with van der Waals surface area (Å²) >= 11 is 0. The standard InChI is InChI=1S/C25H22N2O6/c1-15-3-5-17(6-4-15)22-13-26-23(32-22)9-10-24(29)31-14-18-11-25(30)33-21-12-19(27-16(2)28)7-8-20(18)21/h3-8,11-13H,9-10,14H2,1-2H3,(H,27,28). The van der Waals surface area contributed by atoms with Crippen LogP contribution in [0.15, 0.2) is 68.4 Å². The zero-order valence-corrected chi connectivity index (χ0v) is 18.2. The highest BCUT2D eigenvalue weighted by Crippen LogP contribution is 2.23. The minimum absolute atomic E-state index is 0.0827. The van der Waals surface area contributed by atoms with Crippen molar-refractivity contribution >= 4 is 28.5 Å². The Kier molecular flexibility index (Phi) is 6.35. The quantitative estimate of drug-likeness (QED) is 0.331. The lowest BCUT2D eigenvalue weighted by atomic mass is 10.1. The van der Waals surface area contributed by atoms with Crippen LogP contribution in [0.5, 0.6) is 0 Å². The first-order valence-electron chi connectivity index (χ1n) is 10.4. The second-order valence-corrected chi connectivity index (χ2v) is 7.63. The lowest BCUT2D eigenvalue weighted by Gasteiger charge is -2.08. The average molecular weight is 446 g/mol. The van der Waals surface area contributed by atoms with Crippen LogP contribution in [0, 0.1) is 6.92 Å². The molecule has 0 saturated carbocycles. The number of ether oxygens (including phenoxy) is 1. The number of anilines is 1. The molecular formula is C25H22N2O6. The van der Waals surface area contributed by atoms with Crippen molar-refractivity contribution in [2.45, 2.75) is 33.3 Å². The van der Waals surface area contributed by atoms with E-state index in [1.165, 1.54) is 13.0 Å². The lowest BCUT2D eigenvalue weighted by molar-refractivity contribution is -0.145. The van der Waals surface area contributed by atoms with Gasteiger partial charge in [-0.1, -0.05) is 29.8 Å². The van der Waals surface area contributed by atoms with Crippen molar-refractivity contribution in [3.63, 3.8) is 0 Å². The molecule has 1 amide bonds. The van der Waals surface area contributed by atoms with E-state index in [1.54, 1.807) is 24.4 Å². The van der Waals surface area contributed by atoms with Crippen LogP contribution in [0.2, 0.25) is 0 Å². The Morgan fingerprint density at radius 1 is 1.06 bits per heavy atom. The number of amides is 1. The molecule has 2 heterocycles. The molecule has 2 aromatic heterocycles. The van der Waals surface area contributed by atoms with Gasteiger partial charge in [-0.25, -0.2) is 9.78 Å². The molecule has 4 rings (SSSR count). The van der Waals surface area contributed by atoms with Crippen LogP contribution < -0.4 is 10.9 Å². The van der Waals surface area contributed by atoms with Gasteiger partial charge in [0.1, 0.15) is 12.2 Å². The molecule has 0 aliphatic heterocycles. The number of aromatic nitrogens is 1. The number of hydrogen-bond acceptors (Lipinski definition) is 7. The summed E-state index contributed by atoms with van der Waals surface area (Å²) < 4.78 is 16.3. The van der Waals surface area contributed by atoms with Gasteiger partial charge in [-0.05, 0) is 19.1 Å². The topological polar surface area (TPSA) is 112 Å². The number of nitrogens with one attached hydrogen (secondary N) is 1. The van der Waals surface area contributed by atoms with Crippen molar-refractivity contribution in [1.82, 2.24) is 4.98 Å². The fraction of sp³-hybridized carbons (Fsp3) is 0.200. The minimum atomic E-state index is -0.572. The van der Waals surface area contributed by atoms with Gasteiger partial charge < -0.3 is 18.9 Å². The second kappa shape index (κ2) is 9.52. The number of fused-ring (bicyclic) bond motifs is 1. The molecule has 4 aromatic rings. The number of nitrogens with zero attached hydrogens (tertiary/aromatic N) is 1. The number of carbonyl (C=O) groups is 2. The normalized spacial score (nSPS) is 10.8. The summed E-state index contributed by atoms with van der Waals surface area (Å²) in [7, 11) is 0. The van der Waals surface area contributed by atoms with E-state index in [-0.39, 0.29) is 18.9 Å². The van der Waals surface area contributed by atoms with E-state index in [0.717, 1.165) is 11.1 Å². The van der Waals surface area contributed by atoms with Crippen molar-refractivity contribution in [3.05, 3.63) is 82.2 Å². The van der Waals surface area contributed by atoms with E-state index in [0.29, 0.717) is 40.3 Å². The van der Waals surface area contributed by atoms with E-state index in [1.807, 2.05) is 31.2 Å². The van der Waals surface area contributed by atoms with Gasteiger partial charge in [0.2, 0.25) is 5.91 Å². The summed E-state index contributed by atoms with van der Waals surface area (Å²) in [4.78, 5) is 39.6. The number of carbonyl (C=O) groups excluding carboxylic acids is 2. The van der Waals surface area contributed by atoms with Crippen molar-refractivity contribution < 1.29 is 23.2 Å². The maximum Gasteiger partial charge on any atom is 0.336 e. The summed E-state index contributed by atoms with van der Waals surface area (Å²) in [6.07, 6.45) is 2.01. The summed E-state index contributed by atoms with van der Waals surface area (Å²) in [5.41, 5.74) is 2.81. The monoisotopic (exact) mass is 446 g/mol. The van der Waals surface area contributed by atoms with Crippen molar-refractivity contribution in [2.24, 2.45) is 0 Å². The van der Waals surface area contributed by atoms with E-state index in [9.17, 15) is 14.4 Å². The highest BCUT2D eigenvalue weighted by atomic mass is 16.5. The van der Waals surface area contributed by atoms with Crippen LogP contribution in [0.1, 0.15) is 30.4 Å². The third kappa shape index (κ3) is 5.54. The van der Waals surface area contributed by atoms with E-state index >= 15 is 0 Å². The van der Waals surface area contributed by atoms with Gasteiger partial charge in [0.25, 0.3) is 0 Å². The summed E-state index contributed by atoms with van der Waals surface area (Å²) in [5, 5.41) is 3.25. The average Bonchev–Trinajstić information content (AvgIpc) is 3.25. The van der Waals surface area contributed by atoms with Crippen LogP contribution in [-0.4, -0.2) is 16.9 Å². The SMILES string of the molecule is CC(=O)Nc1ccc2c(COC(=O)CCc3ncc(-c4ccc(C)cc4)o3)cc(=O)oc2c1.